The molecular weight excluding hydrogens is 493 g/mol. The lowest BCUT2D eigenvalue weighted by Gasteiger charge is -2.24. The van der Waals surface area contributed by atoms with E-state index in [1.807, 2.05) is 11.8 Å². The van der Waals surface area contributed by atoms with Crippen LogP contribution in [0.4, 0.5) is 4.79 Å². The van der Waals surface area contributed by atoms with E-state index in [1.165, 1.54) is 7.11 Å². The third-order valence-corrected chi connectivity index (χ3v) is 8.31. The first-order valence-electron chi connectivity index (χ1n) is 11.1. The highest BCUT2D eigenvalue weighted by Crippen LogP contribution is 2.36. The SMILES string of the molecule is COP([O-])(=S)OCCOCCOCCOCCNC(=O)CCCCC1SCC2NC(=O)NC21. The first-order valence-corrected chi connectivity index (χ1v) is 14.7. The highest BCUT2D eigenvalue weighted by Gasteiger charge is 2.42. The van der Waals surface area contributed by atoms with E-state index in [4.69, 9.17) is 18.7 Å². The largest absolute Gasteiger partial charge is 0.780 e. The maximum Gasteiger partial charge on any atom is 0.315 e. The highest BCUT2D eigenvalue weighted by atomic mass is 32.5. The maximum absolute atomic E-state index is 11.9. The quantitative estimate of drug-likeness (QED) is 0.120. The van der Waals surface area contributed by atoms with Crippen molar-refractivity contribution in [3.05, 3.63) is 0 Å². The third-order valence-electron chi connectivity index (χ3n) is 5.09. The van der Waals surface area contributed by atoms with Gasteiger partial charge in [0.25, 0.3) is 0 Å². The Bertz CT molecular complexity index is 648. The van der Waals surface area contributed by atoms with E-state index in [0.717, 1.165) is 25.0 Å². The Hall–Kier alpha value is -0.500. The number of thioether (sulfide) groups is 1. The molecule has 2 heterocycles. The van der Waals surface area contributed by atoms with Crippen LogP contribution in [-0.2, 0) is 39.9 Å². The summed E-state index contributed by atoms with van der Waals surface area (Å²) in [5.41, 5.74) is 0. The van der Waals surface area contributed by atoms with Crippen molar-refractivity contribution in [3.63, 3.8) is 0 Å². The van der Waals surface area contributed by atoms with Crippen LogP contribution in [0.1, 0.15) is 25.7 Å². The van der Waals surface area contributed by atoms with Crippen molar-refractivity contribution in [1.82, 2.24) is 16.0 Å². The van der Waals surface area contributed by atoms with Crippen molar-refractivity contribution in [2.75, 3.05) is 65.7 Å². The minimum atomic E-state index is -3.36. The number of rotatable bonds is 19. The zero-order valence-corrected chi connectivity index (χ0v) is 21.5. The average molecular weight is 529 g/mol. The molecule has 2 aliphatic rings. The van der Waals surface area contributed by atoms with Crippen molar-refractivity contribution in [3.8, 4) is 0 Å². The Morgan fingerprint density at radius 1 is 1.12 bits per heavy atom. The van der Waals surface area contributed by atoms with Gasteiger partial charge in [-0.1, -0.05) is 18.2 Å². The van der Waals surface area contributed by atoms with E-state index in [0.29, 0.717) is 51.2 Å². The van der Waals surface area contributed by atoms with Crippen molar-refractivity contribution in [2.24, 2.45) is 0 Å². The summed E-state index contributed by atoms with van der Waals surface area (Å²) in [5.74, 6) is 0.987. The van der Waals surface area contributed by atoms with Crippen LogP contribution in [0.25, 0.3) is 0 Å². The van der Waals surface area contributed by atoms with Crippen LogP contribution in [0, 0.1) is 0 Å². The number of hydrogen-bond acceptors (Lipinski definition) is 10. The molecule has 192 valence electrons. The summed E-state index contributed by atoms with van der Waals surface area (Å²) in [6.07, 6.45) is 3.31. The second kappa shape index (κ2) is 16.2. The first-order chi connectivity index (χ1) is 15.9. The van der Waals surface area contributed by atoms with Gasteiger partial charge in [0, 0.05) is 31.1 Å². The fraction of sp³-hybridized carbons (Fsp3) is 0.895. The van der Waals surface area contributed by atoms with Gasteiger partial charge in [-0.2, -0.15) is 11.8 Å². The zero-order valence-electron chi connectivity index (χ0n) is 19.0. The van der Waals surface area contributed by atoms with Gasteiger partial charge in [0.15, 0.2) is 0 Å². The molecule has 2 saturated heterocycles. The van der Waals surface area contributed by atoms with Crippen molar-refractivity contribution < 1.29 is 37.7 Å². The molecule has 2 aliphatic heterocycles. The van der Waals surface area contributed by atoms with Crippen molar-refractivity contribution in [1.29, 1.82) is 0 Å². The summed E-state index contributed by atoms with van der Waals surface area (Å²) in [6.45, 7) is -0.483. The number of urea groups is 1. The standard InChI is InChI=1S/C19H36N3O8PS2/c1-26-31(25,32)30-13-12-29-11-10-28-9-8-27-7-6-20-17(23)5-3-2-4-16-18-15(14-33-16)21-19(24)22-18/h15-16,18H,2-14H2,1H3,(H,20,23)(H,25,32)(H2,21,22,24)/p-1. The molecule has 0 aromatic rings. The molecule has 4 atom stereocenters. The van der Waals surface area contributed by atoms with Crippen LogP contribution in [0.5, 0.6) is 0 Å². The van der Waals surface area contributed by atoms with Crippen LogP contribution >= 0.6 is 18.5 Å². The van der Waals surface area contributed by atoms with E-state index < -0.39 is 6.72 Å². The monoisotopic (exact) mass is 528 g/mol. The molecule has 0 spiro atoms. The topological polar surface area (TPSA) is 139 Å². The Morgan fingerprint density at radius 2 is 1.79 bits per heavy atom. The van der Waals surface area contributed by atoms with Crippen LogP contribution in [0.15, 0.2) is 0 Å². The number of unbranched alkanes of at least 4 members (excludes halogenated alkanes) is 1. The van der Waals surface area contributed by atoms with E-state index in [1.54, 1.807) is 0 Å². The van der Waals surface area contributed by atoms with Crippen LogP contribution in [0.3, 0.4) is 0 Å². The third kappa shape index (κ3) is 12.1. The average Bonchev–Trinajstić information content (AvgIpc) is 3.33. The van der Waals surface area contributed by atoms with Crippen LogP contribution < -0.4 is 20.8 Å². The van der Waals surface area contributed by atoms with Gasteiger partial charge in [-0.15, -0.1) is 0 Å². The Kier molecular flexibility index (Phi) is 14.1. The Morgan fingerprint density at radius 3 is 2.48 bits per heavy atom. The summed E-state index contributed by atoms with van der Waals surface area (Å²) in [7, 11) is 1.24. The first kappa shape index (κ1) is 28.7. The number of fused-ring (bicyclic) bond motifs is 1. The Balaban J connectivity index is 1.30. The molecule has 2 fully saturated rings. The minimum Gasteiger partial charge on any atom is -0.780 e. The molecule has 0 saturated carbocycles. The Labute approximate surface area is 204 Å². The van der Waals surface area contributed by atoms with Gasteiger partial charge in [-0.3, -0.25) is 4.79 Å². The van der Waals surface area contributed by atoms with Gasteiger partial charge >= 0.3 is 6.03 Å². The molecule has 0 aromatic carbocycles. The molecule has 0 radical (unpaired) electrons. The number of hydrogen-bond donors (Lipinski definition) is 3. The number of nitrogens with one attached hydrogen (secondary N) is 3. The van der Waals surface area contributed by atoms with E-state index in [2.05, 4.69) is 32.3 Å². The zero-order chi connectivity index (χ0) is 23.9. The molecule has 0 aromatic heterocycles. The summed E-state index contributed by atoms with van der Waals surface area (Å²) in [6, 6.07) is 0.403. The van der Waals surface area contributed by atoms with Crippen molar-refractivity contribution in [2.45, 2.75) is 43.0 Å². The molecule has 0 aliphatic carbocycles. The lowest BCUT2D eigenvalue weighted by molar-refractivity contribution is -0.205. The van der Waals surface area contributed by atoms with Gasteiger partial charge in [-0.05, 0) is 12.8 Å². The summed E-state index contributed by atoms with van der Waals surface area (Å²) >= 11 is 6.47. The molecule has 33 heavy (non-hydrogen) atoms. The van der Waals surface area contributed by atoms with Crippen LogP contribution in [-0.4, -0.2) is 94.9 Å². The fourth-order valence-corrected chi connectivity index (χ4v) is 5.60. The van der Waals surface area contributed by atoms with Gasteiger partial charge in [0.2, 0.25) is 5.91 Å². The maximum atomic E-state index is 11.9. The fourth-order valence-electron chi connectivity index (χ4n) is 3.43. The predicted molar refractivity (Wildman–Crippen MR) is 127 cm³/mol. The number of carbonyl (C=O) groups excluding carboxylic acids is 2. The molecule has 14 heteroatoms. The molecule has 11 nitrogen and oxygen atoms in total. The van der Waals surface area contributed by atoms with Crippen molar-refractivity contribution >= 4 is 42.2 Å². The van der Waals surface area contributed by atoms with E-state index in [9.17, 15) is 14.5 Å². The van der Waals surface area contributed by atoms with Gasteiger partial charge in [-0.25, -0.2) is 4.79 Å². The van der Waals surface area contributed by atoms with Gasteiger partial charge in [0.05, 0.1) is 58.3 Å². The van der Waals surface area contributed by atoms with Gasteiger partial charge in [0.1, 0.15) is 6.72 Å². The number of amides is 3. The van der Waals surface area contributed by atoms with Gasteiger partial charge < -0.3 is 44.1 Å². The predicted octanol–water partition coefficient (Wildman–Crippen LogP) is 0.126. The van der Waals surface area contributed by atoms with Crippen LogP contribution in [0.2, 0.25) is 0 Å². The summed E-state index contributed by atoms with van der Waals surface area (Å²) in [4.78, 5) is 34.6. The molecule has 3 N–H and O–H groups in total. The summed E-state index contributed by atoms with van der Waals surface area (Å²) < 4.78 is 25.4. The molecule has 4 unspecified atom stereocenters. The normalized spacial score (nSPS) is 23.6. The lowest BCUT2D eigenvalue weighted by atomic mass is 10.0. The molecular formula is C19H35N3O8PS2-. The smallest absolute Gasteiger partial charge is 0.315 e. The summed E-state index contributed by atoms with van der Waals surface area (Å²) in [5, 5.41) is 9.21. The molecule has 3 amide bonds. The number of carbonyl (C=O) groups is 2. The number of ether oxygens (including phenoxy) is 3. The van der Waals surface area contributed by atoms with E-state index >= 15 is 0 Å². The lowest BCUT2D eigenvalue weighted by Crippen LogP contribution is -2.36. The highest BCUT2D eigenvalue weighted by molar-refractivity contribution is 8.06. The molecule has 0 bridgehead atoms. The van der Waals surface area contributed by atoms with E-state index in [-0.39, 0.29) is 37.2 Å². The molecule has 2 rings (SSSR count). The minimum absolute atomic E-state index is 0.0293. The second-order valence-corrected chi connectivity index (χ2v) is 11.6. The second-order valence-electron chi connectivity index (χ2n) is 7.52.